The van der Waals surface area contributed by atoms with Crippen molar-refractivity contribution in [3.63, 3.8) is 0 Å². The molecule has 6 aliphatic rings. The largest absolute Gasteiger partial charge is 0.373 e. The maximum Gasteiger partial charge on any atom is 0.269 e. The zero-order valence-corrected chi connectivity index (χ0v) is 56.3. The maximum atomic E-state index is 13.5. The topological polar surface area (TPSA) is 135 Å². The van der Waals surface area contributed by atoms with Crippen LogP contribution in [0.3, 0.4) is 0 Å². The fourth-order valence-corrected chi connectivity index (χ4v) is 18.2. The summed E-state index contributed by atoms with van der Waals surface area (Å²) >= 11 is 0. The van der Waals surface area contributed by atoms with Gasteiger partial charge in [0.1, 0.15) is 14.6 Å². The lowest BCUT2D eigenvalue weighted by Gasteiger charge is -2.42. The van der Waals surface area contributed by atoms with E-state index < -0.39 is 22.1 Å². The number of ether oxygens (including phenoxy) is 6. The number of rotatable bonds is 21. The average Bonchev–Trinajstić information content (AvgIpc) is 3.31. The van der Waals surface area contributed by atoms with Crippen LogP contribution in [0.25, 0.3) is 0 Å². The Kier molecular flexibility index (Phi) is 29.5. The Balaban J connectivity index is 0.000000252. The molecular formula is C59H121N6O10P3. The Bertz CT molecular complexity index is 1660. The maximum absolute atomic E-state index is 13.5. The summed E-state index contributed by atoms with van der Waals surface area (Å²) in [6.07, 6.45) is 8.23. The molecule has 6 heterocycles. The third kappa shape index (κ3) is 24.6. The number of morpholine rings is 6. The fraction of sp³-hybridized carbons (Fsp3) is 1.00. The molecule has 6 aliphatic heterocycles. The van der Waals surface area contributed by atoms with Crippen molar-refractivity contribution >= 4 is 22.1 Å². The van der Waals surface area contributed by atoms with Crippen molar-refractivity contribution in [1.29, 1.82) is 0 Å². The second-order valence-electron chi connectivity index (χ2n) is 27.3. The van der Waals surface area contributed by atoms with Crippen molar-refractivity contribution in [3.8, 4) is 0 Å². The summed E-state index contributed by atoms with van der Waals surface area (Å²) in [6.45, 7) is 55.5. The predicted molar refractivity (Wildman–Crippen MR) is 325 cm³/mol. The van der Waals surface area contributed by atoms with E-state index in [1.54, 1.807) is 6.66 Å². The van der Waals surface area contributed by atoms with Crippen LogP contribution in [0.5, 0.6) is 0 Å². The van der Waals surface area contributed by atoms with Crippen molar-refractivity contribution in [2.75, 3.05) is 117 Å². The Morgan fingerprint density at radius 2 is 0.641 bits per heavy atom. The molecule has 0 spiro atoms. The van der Waals surface area contributed by atoms with Crippen LogP contribution in [-0.2, 0) is 46.6 Å². The highest BCUT2D eigenvalue weighted by Gasteiger charge is 2.40. The molecule has 19 heteroatoms. The van der Waals surface area contributed by atoms with Gasteiger partial charge in [0.2, 0.25) is 0 Å². The molecule has 6 rings (SSSR count). The standard InChI is InChI=1S/2C20H41N2O3P.C19H39N2O4P/c2*1-15(2)10-20-14-22(12-18(6)25-20)26(7,23)9-8-19-13-21(16(3)4)11-17(5)24-19;1-14(2)8-18-12-21(10-17(6)24-18)26(7,22)23-13-19-11-20(15(3)4)9-16(5)25-19/h2*15-20H,8-14H2,1-7H3;14-19H,8-13H2,1-7H3. The lowest BCUT2D eigenvalue weighted by atomic mass is 10.0. The first-order valence-electron chi connectivity index (χ1n) is 31.0. The molecule has 0 aliphatic carbocycles. The van der Waals surface area contributed by atoms with Crippen LogP contribution in [0.2, 0.25) is 0 Å². The molecule has 0 radical (unpaired) electrons. The summed E-state index contributed by atoms with van der Waals surface area (Å²) in [5, 5.41) is 0. The van der Waals surface area contributed by atoms with E-state index in [1.807, 2.05) is 24.9 Å². The van der Waals surface area contributed by atoms with Gasteiger partial charge in [0.15, 0.2) is 0 Å². The van der Waals surface area contributed by atoms with Crippen molar-refractivity contribution < 1.29 is 46.6 Å². The molecule has 6 saturated heterocycles. The number of hydrogen-bond acceptors (Lipinski definition) is 13. The lowest BCUT2D eigenvalue weighted by Crippen LogP contribution is -2.51. The Morgan fingerprint density at radius 1 is 0.372 bits per heavy atom. The van der Waals surface area contributed by atoms with Crippen LogP contribution in [0, 0.1) is 17.8 Å². The SMILES string of the molecule is CC(C)CC1CN(P(C)(=O)CCC2CN(C(C)C)CC(C)O2)CC(C)O1.CC(C)CC1CN(P(C)(=O)CCC2CN(C(C)C)CC(C)O2)CC(C)O1.CC(C)CC1CN(P(C)(=O)OCC2CN(C(C)C)CC(C)O2)CC(C)O1. The summed E-state index contributed by atoms with van der Waals surface area (Å²) < 4.78 is 89.1. The Hall–Kier alpha value is 0.170. The van der Waals surface area contributed by atoms with Crippen molar-refractivity contribution in [1.82, 2.24) is 28.7 Å². The molecule has 78 heavy (non-hydrogen) atoms. The zero-order valence-electron chi connectivity index (χ0n) is 53.6. The third-order valence-electron chi connectivity index (χ3n) is 16.3. The highest BCUT2D eigenvalue weighted by atomic mass is 31.2. The van der Waals surface area contributed by atoms with Gasteiger partial charge in [0, 0.05) is 129 Å². The summed E-state index contributed by atoms with van der Waals surface area (Å²) in [4.78, 5) is 7.36. The highest BCUT2D eigenvalue weighted by molar-refractivity contribution is 7.61. The number of hydrogen-bond donors (Lipinski definition) is 0. The quantitative estimate of drug-likeness (QED) is 0.101. The zero-order chi connectivity index (χ0) is 58.4. The van der Waals surface area contributed by atoms with E-state index >= 15 is 0 Å². The molecule has 0 N–H and O–H groups in total. The van der Waals surface area contributed by atoms with Crippen molar-refractivity contribution in [2.24, 2.45) is 17.8 Å². The molecule has 462 valence electrons. The number of nitrogens with zero attached hydrogens (tertiary/aromatic N) is 6. The van der Waals surface area contributed by atoms with Crippen LogP contribution in [-0.4, -0.2) is 238 Å². The fourth-order valence-electron chi connectivity index (χ4n) is 12.3. The van der Waals surface area contributed by atoms with Gasteiger partial charge in [-0.3, -0.25) is 19.3 Å². The van der Waals surface area contributed by atoms with E-state index in [2.05, 4.69) is 142 Å². The highest BCUT2D eigenvalue weighted by Crippen LogP contribution is 2.51. The molecule has 16 nitrogen and oxygen atoms in total. The van der Waals surface area contributed by atoms with Gasteiger partial charge in [-0.25, -0.2) is 14.0 Å². The Labute approximate surface area is 478 Å². The first-order valence-corrected chi connectivity index (χ1v) is 37.6. The van der Waals surface area contributed by atoms with E-state index in [4.69, 9.17) is 32.9 Å². The molecule has 15 unspecified atom stereocenters. The molecule has 6 fully saturated rings. The van der Waals surface area contributed by atoms with Gasteiger partial charge >= 0.3 is 0 Å². The van der Waals surface area contributed by atoms with Crippen molar-refractivity contribution in [3.05, 3.63) is 0 Å². The molecular weight excluding hydrogens is 1050 g/mol. The predicted octanol–water partition coefficient (Wildman–Crippen LogP) is 11.3. The Morgan fingerprint density at radius 3 is 0.962 bits per heavy atom. The van der Waals surface area contributed by atoms with Gasteiger partial charge in [-0.05, 0) is 133 Å². The third-order valence-corrected chi connectivity index (χ3v) is 23.5. The smallest absolute Gasteiger partial charge is 0.269 e. The van der Waals surface area contributed by atoms with E-state index in [-0.39, 0.29) is 73.2 Å². The first-order chi connectivity index (χ1) is 36.2. The van der Waals surface area contributed by atoms with E-state index in [0.29, 0.717) is 55.6 Å². The van der Waals surface area contributed by atoms with E-state index in [1.165, 1.54) is 0 Å². The average molecular weight is 1170 g/mol. The van der Waals surface area contributed by atoms with Gasteiger partial charge in [0.25, 0.3) is 7.52 Å². The summed E-state index contributed by atoms with van der Waals surface area (Å²) in [7, 11) is -7.58. The minimum absolute atomic E-state index is 0.0284. The van der Waals surface area contributed by atoms with Crippen molar-refractivity contribution in [2.45, 2.75) is 248 Å². The monoisotopic (exact) mass is 1170 g/mol. The molecule has 0 bridgehead atoms. The molecule has 0 aromatic heterocycles. The van der Waals surface area contributed by atoms with Crippen LogP contribution >= 0.6 is 22.1 Å². The van der Waals surface area contributed by atoms with Gasteiger partial charge in [-0.15, -0.1) is 0 Å². The van der Waals surface area contributed by atoms with Gasteiger partial charge in [-0.2, -0.15) is 0 Å². The van der Waals surface area contributed by atoms with Crippen LogP contribution in [0.4, 0.5) is 0 Å². The van der Waals surface area contributed by atoms with E-state index in [0.717, 1.165) is 110 Å². The lowest BCUT2D eigenvalue weighted by molar-refractivity contribution is -0.101. The molecule has 0 aromatic rings. The molecule has 15 atom stereocenters. The van der Waals surface area contributed by atoms with Crippen LogP contribution in [0.1, 0.15) is 157 Å². The van der Waals surface area contributed by atoms with Gasteiger partial charge in [0.05, 0.1) is 79.9 Å². The second kappa shape index (κ2) is 32.6. The normalized spacial score (nSPS) is 34.3. The van der Waals surface area contributed by atoms with E-state index in [9.17, 15) is 13.7 Å². The van der Waals surface area contributed by atoms with Gasteiger partial charge < -0.3 is 42.1 Å². The minimum Gasteiger partial charge on any atom is -0.373 e. The summed E-state index contributed by atoms with van der Waals surface area (Å²) in [5.41, 5.74) is 0. The molecule has 0 amide bonds. The van der Waals surface area contributed by atoms with Crippen LogP contribution in [0.15, 0.2) is 0 Å². The summed E-state index contributed by atoms with van der Waals surface area (Å²) in [6, 6.07) is 1.55. The minimum atomic E-state index is -2.86. The van der Waals surface area contributed by atoms with Crippen LogP contribution < -0.4 is 0 Å². The summed E-state index contributed by atoms with van der Waals surface area (Å²) in [5.74, 6) is 1.76. The van der Waals surface area contributed by atoms with Gasteiger partial charge in [-0.1, -0.05) is 41.5 Å². The molecule has 0 saturated carbocycles. The molecule has 0 aromatic carbocycles. The second-order valence-corrected chi connectivity index (χ2v) is 35.9. The first kappa shape index (κ1) is 70.7.